The van der Waals surface area contributed by atoms with Gasteiger partial charge in [-0.2, -0.15) is 4.31 Å². The average Bonchev–Trinajstić information content (AvgIpc) is 3.04. The van der Waals surface area contributed by atoms with Crippen LogP contribution in [0.4, 0.5) is 0 Å². The SMILES string of the molecule is CNC(=O)c1cc(S(=O)(=O)N2CCNCC2c2cccnc2)cn1C. The van der Waals surface area contributed by atoms with E-state index in [0.29, 0.717) is 25.3 Å². The molecule has 2 aromatic heterocycles. The van der Waals surface area contributed by atoms with E-state index in [-0.39, 0.29) is 16.8 Å². The Kier molecular flexibility index (Phi) is 4.89. The fourth-order valence-corrected chi connectivity index (χ4v) is 4.68. The number of piperazine rings is 1. The number of hydrogen-bond acceptors (Lipinski definition) is 5. The van der Waals surface area contributed by atoms with Gasteiger partial charge in [0.25, 0.3) is 5.91 Å². The summed E-state index contributed by atoms with van der Waals surface area (Å²) in [5.41, 5.74) is 1.13. The number of rotatable bonds is 4. The second kappa shape index (κ2) is 6.95. The molecule has 0 aromatic carbocycles. The minimum Gasteiger partial charge on any atom is -0.354 e. The van der Waals surface area contributed by atoms with Gasteiger partial charge in [0.2, 0.25) is 10.0 Å². The number of pyridine rings is 1. The molecule has 1 aliphatic rings. The van der Waals surface area contributed by atoms with Crippen molar-refractivity contribution in [3.63, 3.8) is 0 Å². The molecule has 0 saturated carbocycles. The summed E-state index contributed by atoms with van der Waals surface area (Å²) >= 11 is 0. The molecule has 1 saturated heterocycles. The summed E-state index contributed by atoms with van der Waals surface area (Å²) in [6, 6.07) is 4.74. The van der Waals surface area contributed by atoms with E-state index < -0.39 is 10.0 Å². The van der Waals surface area contributed by atoms with Crippen molar-refractivity contribution in [2.75, 3.05) is 26.7 Å². The quantitative estimate of drug-likeness (QED) is 0.804. The molecule has 1 fully saturated rings. The van der Waals surface area contributed by atoms with Crippen LogP contribution in [0.5, 0.6) is 0 Å². The predicted molar refractivity (Wildman–Crippen MR) is 92.5 cm³/mol. The first kappa shape index (κ1) is 17.6. The van der Waals surface area contributed by atoms with Gasteiger partial charge in [0.15, 0.2) is 0 Å². The summed E-state index contributed by atoms with van der Waals surface area (Å²) in [5, 5.41) is 5.74. The molecule has 3 heterocycles. The van der Waals surface area contributed by atoms with Crippen molar-refractivity contribution in [1.29, 1.82) is 0 Å². The van der Waals surface area contributed by atoms with Gasteiger partial charge in [-0.05, 0) is 17.7 Å². The highest BCUT2D eigenvalue weighted by molar-refractivity contribution is 7.89. The lowest BCUT2D eigenvalue weighted by atomic mass is 10.1. The minimum atomic E-state index is -3.74. The van der Waals surface area contributed by atoms with Gasteiger partial charge in [0.05, 0.1) is 6.04 Å². The third-order valence-corrected chi connectivity index (χ3v) is 6.18. The van der Waals surface area contributed by atoms with E-state index in [1.54, 1.807) is 25.5 Å². The molecule has 2 N–H and O–H groups in total. The monoisotopic (exact) mass is 363 g/mol. The fourth-order valence-electron chi connectivity index (χ4n) is 3.00. The van der Waals surface area contributed by atoms with E-state index in [2.05, 4.69) is 15.6 Å². The van der Waals surface area contributed by atoms with Gasteiger partial charge >= 0.3 is 0 Å². The van der Waals surface area contributed by atoms with Crippen LogP contribution in [0, 0.1) is 0 Å². The molecule has 25 heavy (non-hydrogen) atoms. The third kappa shape index (κ3) is 3.30. The molecule has 2 aromatic rings. The molecule has 1 aliphatic heterocycles. The van der Waals surface area contributed by atoms with E-state index >= 15 is 0 Å². The van der Waals surface area contributed by atoms with Crippen molar-refractivity contribution in [3.8, 4) is 0 Å². The molecular formula is C16H21N5O3S. The van der Waals surface area contributed by atoms with Crippen LogP contribution in [0.2, 0.25) is 0 Å². The van der Waals surface area contributed by atoms with Gasteiger partial charge in [-0.15, -0.1) is 0 Å². The lowest BCUT2D eigenvalue weighted by molar-refractivity contribution is 0.0955. The van der Waals surface area contributed by atoms with Crippen LogP contribution in [0.15, 0.2) is 41.7 Å². The van der Waals surface area contributed by atoms with E-state index in [4.69, 9.17) is 0 Å². The zero-order valence-corrected chi connectivity index (χ0v) is 15.0. The molecule has 0 aliphatic carbocycles. The number of hydrogen-bond donors (Lipinski definition) is 2. The van der Waals surface area contributed by atoms with Crippen LogP contribution in [-0.2, 0) is 17.1 Å². The second-order valence-corrected chi connectivity index (χ2v) is 7.76. The maximum Gasteiger partial charge on any atom is 0.267 e. The Hall–Kier alpha value is -2.23. The lowest BCUT2D eigenvalue weighted by Gasteiger charge is -2.35. The number of amides is 1. The number of carbonyl (C=O) groups excluding carboxylic acids is 1. The van der Waals surface area contributed by atoms with E-state index in [9.17, 15) is 13.2 Å². The van der Waals surface area contributed by atoms with Crippen LogP contribution in [0.3, 0.4) is 0 Å². The van der Waals surface area contributed by atoms with Crippen molar-refractivity contribution in [3.05, 3.63) is 48.0 Å². The van der Waals surface area contributed by atoms with Gasteiger partial charge in [-0.25, -0.2) is 8.42 Å². The zero-order valence-electron chi connectivity index (χ0n) is 14.1. The molecule has 9 heteroatoms. The van der Waals surface area contributed by atoms with Gasteiger partial charge in [0.1, 0.15) is 10.6 Å². The van der Waals surface area contributed by atoms with Crippen LogP contribution in [0.1, 0.15) is 22.1 Å². The van der Waals surface area contributed by atoms with Gasteiger partial charge in [0, 0.05) is 52.3 Å². The number of aromatic nitrogens is 2. The maximum absolute atomic E-state index is 13.2. The zero-order chi connectivity index (χ0) is 18.0. The summed E-state index contributed by atoms with van der Waals surface area (Å²) in [7, 11) is -0.573. The highest BCUT2D eigenvalue weighted by Gasteiger charge is 2.35. The Bertz CT molecular complexity index is 863. The third-order valence-electron chi connectivity index (χ3n) is 4.31. The Morgan fingerprint density at radius 3 is 2.92 bits per heavy atom. The fraction of sp³-hybridized carbons (Fsp3) is 0.375. The van der Waals surface area contributed by atoms with Crippen LogP contribution >= 0.6 is 0 Å². The molecule has 3 rings (SSSR count). The second-order valence-electron chi connectivity index (χ2n) is 5.87. The number of aryl methyl sites for hydroxylation is 1. The molecule has 134 valence electrons. The molecule has 0 spiro atoms. The van der Waals surface area contributed by atoms with Crippen molar-refractivity contribution in [2.45, 2.75) is 10.9 Å². The Labute approximate surface area is 146 Å². The normalized spacial score (nSPS) is 18.9. The first-order chi connectivity index (χ1) is 11.9. The van der Waals surface area contributed by atoms with E-state index in [0.717, 1.165) is 5.56 Å². The molecule has 0 bridgehead atoms. The number of nitrogens with zero attached hydrogens (tertiary/aromatic N) is 3. The minimum absolute atomic E-state index is 0.115. The smallest absolute Gasteiger partial charge is 0.267 e. The number of carbonyl (C=O) groups is 1. The van der Waals surface area contributed by atoms with Gasteiger partial charge in [-0.3, -0.25) is 9.78 Å². The maximum atomic E-state index is 13.2. The number of nitrogens with one attached hydrogen (secondary N) is 2. The van der Waals surface area contributed by atoms with Crippen molar-refractivity contribution < 1.29 is 13.2 Å². The van der Waals surface area contributed by atoms with Gasteiger partial charge in [-0.1, -0.05) is 6.07 Å². The van der Waals surface area contributed by atoms with Crippen molar-refractivity contribution in [1.82, 2.24) is 24.5 Å². The van der Waals surface area contributed by atoms with Crippen molar-refractivity contribution >= 4 is 15.9 Å². The first-order valence-corrected chi connectivity index (χ1v) is 9.40. The molecule has 1 atom stereocenters. The van der Waals surface area contributed by atoms with Crippen molar-refractivity contribution in [2.24, 2.45) is 7.05 Å². The highest BCUT2D eigenvalue weighted by Crippen LogP contribution is 2.29. The Balaban J connectivity index is 1.99. The van der Waals surface area contributed by atoms with Gasteiger partial charge < -0.3 is 15.2 Å². The summed E-state index contributed by atoms with van der Waals surface area (Å²) in [5.74, 6) is -0.326. The van der Waals surface area contributed by atoms with E-state index in [1.165, 1.54) is 28.2 Å². The topological polar surface area (TPSA) is 96.3 Å². The summed E-state index contributed by atoms with van der Waals surface area (Å²) < 4.78 is 29.4. The molecule has 1 unspecified atom stereocenters. The predicted octanol–water partition coefficient (Wildman–Crippen LogP) is 0.115. The Morgan fingerprint density at radius 2 is 2.24 bits per heavy atom. The van der Waals surface area contributed by atoms with E-state index in [1.807, 2.05) is 6.07 Å². The number of sulfonamides is 1. The largest absolute Gasteiger partial charge is 0.354 e. The summed E-state index contributed by atoms with van der Waals surface area (Å²) in [6.07, 6.45) is 4.81. The van der Waals surface area contributed by atoms with Crippen LogP contribution in [-0.4, -0.2) is 54.9 Å². The average molecular weight is 363 g/mol. The first-order valence-electron chi connectivity index (χ1n) is 7.96. The molecular weight excluding hydrogens is 342 g/mol. The molecule has 0 radical (unpaired) electrons. The standard InChI is InChI=1S/C16H21N5O3S/c1-17-16(22)14-8-13(11-20(14)2)25(23,24)21-7-6-19-10-15(21)12-4-3-5-18-9-12/h3-5,8-9,11,15,19H,6-7,10H2,1-2H3,(H,17,22). The Morgan fingerprint density at radius 1 is 1.44 bits per heavy atom. The molecule has 8 nitrogen and oxygen atoms in total. The molecule has 1 amide bonds. The lowest BCUT2D eigenvalue weighted by Crippen LogP contribution is -2.48. The highest BCUT2D eigenvalue weighted by atomic mass is 32.2. The summed E-state index contributed by atoms with van der Waals surface area (Å²) in [4.78, 5) is 16.1. The van der Waals surface area contributed by atoms with Crippen LogP contribution < -0.4 is 10.6 Å². The van der Waals surface area contributed by atoms with Crippen LogP contribution in [0.25, 0.3) is 0 Å². The summed E-state index contributed by atoms with van der Waals surface area (Å²) in [6.45, 7) is 1.44.